The molecule has 0 unspecified atom stereocenters. The minimum Gasteiger partial charge on any atom is -0.346 e. The molecule has 1 aromatic heterocycles. The van der Waals surface area contributed by atoms with Gasteiger partial charge >= 0.3 is 0 Å². The van der Waals surface area contributed by atoms with E-state index in [9.17, 15) is 0 Å². The molecule has 0 aliphatic carbocycles. The highest BCUT2D eigenvalue weighted by Crippen LogP contribution is 2.25. The Bertz CT molecular complexity index is 375. The van der Waals surface area contributed by atoms with E-state index in [1.807, 2.05) is 13.2 Å². The highest BCUT2D eigenvalue weighted by Gasteiger charge is 2.26. The van der Waals surface area contributed by atoms with Crippen LogP contribution < -0.4 is 10.2 Å². The van der Waals surface area contributed by atoms with Gasteiger partial charge in [-0.3, -0.25) is 4.90 Å². The molecule has 0 amide bonds. The standard InChI is InChI=1S/C13H24N4S/c1-13(2,3)17-7-5-16(6-8-17)12-15-10-11(18-12)9-14-4/h10,14H,5-9H2,1-4H3. The predicted molar refractivity (Wildman–Crippen MR) is 78.4 cm³/mol. The zero-order valence-electron chi connectivity index (χ0n) is 11.9. The van der Waals surface area contributed by atoms with Crippen molar-refractivity contribution < 1.29 is 0 Å². The fourth-order valence-electron chi connectivity index (χ4n) is 2.27. The number of anilines is 1. The van der Waals surface area contributed by atoms with Gasteiger partial charge in [0, 0.05) is 49.3 Å². The van der Waals surface area contributed by atoms with Crippen LogP contribution in [0.5, 0.6) is 0 Å². The molecule has 1 N–H and O–H groups in total. The molecule has 1 aliphatic rings. The molecule has 1 fully saturated rings. The summed E-state index contributed by atoms with van der Waals surface area (Å²) in [7, 11) is 1.97. The van der Waals surface area contributed by atoms with Crippen LogP contribution in [-0.4, -0.2) is 48.6 Å². The third kappa shape index (κ3) is 3.22. The topological polar surface area (TPSA) is 31.4 Å². The van der Waals surface area contributed by atoms with Crippen molar-refractivity contribution in [2.75, 3.05) is 38.1 Å². The molecule has 18 heavy (non-hydrogen) atoms. The maximum absolute atomic E-state index is 4.53. The zero-order valence-corrected chi connectivity index (χ0v) is 12.7. The minimum atomic E-state index is 0.284. The van der Waals surface area contributed by atoms with Crippen LogP contribution >= 0.6 is 11.3 Å². The summed E-state index contributed by atoms with van der Waals surface area (Å²) in [4.78, 5) is 10.8. The lowest BCUT2D eigenvalue weighted by Crippen LogP contribution is -2.53. The molecule has 5 heteroatoms. The van der Waals surface area contributed by atoms with Crippen LogP contribution in [-0.2, 0) is 6.54 Å². The molecule has 0 saturated carbocycles. The van der Waals surface area contributed by atoms with E-state index >= 15 is 0 Å². The Hall–Kier alpha value is -0.650. The molecule has 0 atom stereocenters. The summed E-state index contributed by atoms with van der Waals surface area (Å²) in [6.45, 7) is 12.2. The third-order valence-electron chi connectivity index (χ3n) is 3.39. The van der Waals surface area contributed by atoms with Gasteiger partial charge in [0.15, 0.2) is 5.13 Å². The molecule has 4 nitrogen and oxygen atoms in total. The van der Waals surface area contributed by atoms with Gasteiger partial charge in [0.25, 0.3) is 0 Å². The summed E-state index contributed by atoms with van der Waals surface area (Å²) in [6.07, 6.45) is 1.99. The number of hydrogen-bond donors (Lipinski definition) is 1. The van der Waals surface area contributed by atoms with Gasteiger partial charge in [-0.1, -0.05) is 0 Å². The first kappa shape index (κ1) is 13.8. The normalized spacial score (nSPS) is 18.3. The monoisotopic (exact) mass is 268 g/mol. The quantitative estimate of drug-likeness (QED) is 0.905. The molecule has 102 valence electrons. The summed E-state index contributed by atoms with van der Waals surface area (Å²) in [5, 5.41) is 4.35. The van der Waals surface area contributed by atoms with Crippen molar-refractivity contribution in [1.29, 1.82) is 0 Å². The van der Waals surface area contributed by atoms with Crippen LogP contribution in [0.4, 0.5) is 5.13 Å². The SMILES string of the molecule is CNCc1cnc(N2CCN(C(C)(C)C)CC2)s1. The number of hydrogen-bond acceptors (Lipinski definition) is 5. The molecule has 1 saturated heterocycles. The lowest BCUT2D eigenvalue weighted by Gasteiger charge is -2.42. The molecule has 0 aromatic carbocycles. The molecule has 1 aromatic rings. The van der Waals surface area contributed by atoms with Crippen molar-refractivity contribution in [3.05, 3.63) is 11.1 Å². The van der Waals surface area contributed by atoms with E-state index in [2.05, 4.69) is 40.9 Å². The van der Waals surface area contributed by atoms with Gasteiger partial charge in [-0.05, 0) is 27.8 Å². The highest BCUT2D eigenvalue weighted by molar-refractivity contribution is 7.15. The summed E-state index contributed by atoms with van der Waals surface area (Å²) < 4.78 is 0. The summed E-state index contributed by atoms with van der Waals surface area (Å²) in [5.74, 6) is 0. The van der Waals surface area contributed by atoms with Gasteiger partial charge in [-0.25, -0.2) is 4.98 Å². The van der Waals surface area contributed by atoms with Gasteiger partial charge in [0.05, 0.1) is 0 Å². The average molecular weight is 268 g/mol. The molecular weight excluding hydrogens is 244 g/mol. The van der Waals surface area contributed by atoms with Gasteiger partial charge in [-0.15, -0.1) is 11.3 Å². The number of nitrogens with zero attached hydrogens (tertiary/aromatic N) is 3. The van der Waals surface area contributed by atoms with Crippen molar-refractivity contribution in [2.45, 2.75) is 32.9 Å². The van der Waals surface area contributed by atoms with Crippen molar-refractivity contribution in [3.8, 4) is 0 Å². The van der Waals surface area contributed by atoms with E-state index in [0.717, 1.165) is 32.7 Å². The van der Waals surface area contributed by atoms with Crippen LogP contribution in [0.3, 0.4) is 0 Å². The van der Waals surface area contributed by atoms with Crippen LogP contribution in [0.25, 0.3) is 0 Å². The Labute approximate surface area is 114 Å². The van der Waals surface area contributed by atoms with Gasteiger partial charge in [-0.2, -0.15) is 0 Å². The second-order valence-electron chi connectivity index (χ2n) is 5.78. The van der Waals surface area contributed by atoms with E-state index < -0.39 is 0 Å². The molecular formula is C13H24N4S. The number of piperazine rings is 1. The maximum atomic E-state index is 4.53. The number of thiazole rings is 1. The number of rotatable bonds is 3. The maximum Gasteiger partial charge on any atom is 0.185 e. The van der Waals surface area contributed by atoms with E-state index in [1.54, 1.807) is 11.3 Å². The second-order valence-corrected chi connectivity index (χ2v) is 6.88. The Kier molecular flexibility index (Phi) is 4.25. The Morgan fingerprint density at radius 1 is 1.28 bits per heavy atom. The van der Waals surface area contributed by atoms with Crippen LogP contribution in [0.1, 0.15) is 25.6 Å². The van der Waals surface area contributed by atoms with E-state index in [1.165, 1.54) is 10.0 Å². The van der Waals surface area contributed by atoms with Gasteiger partial charge < -0.3 is 10.2 Å². The fraction of sp³-hybridized carbons (Fsp3) is 0.769. The molecule has 0 bridgehead atoms. The van der Waals surface area contributed by atoms with Crippen molar-refractivity contribution in [1.82, 2.24) is 15.2 Å². The van der Waals surface area contributed by atoms with Gasteiger partial charge in [0.1, 0.15) is 0 Å². The van der Waals surface area contributed by atoms with Crippen LogP contribution in [0.2, 0.25) is 0 Å². The smallest absolute Gasteiger partial charge is 0.185 e. The second kappa shape index (κ2) is 5.55. The highest BCUT2D eigenvalue weighted by atomic mass is 32.1. The van der Waals surface area contributed by atoms with Crippen molar-refractivity contribution in [2.24, 2.45) is 0 Å². The number of aromatic nitrogens is 1. The van der Waals surface area contributed by atoms with Crippen LogP contribution in [0, 0.1) is 0 Å². The van der Waals surface area contributed by atoms with Crippen LogP contribution in [0.15, 0.2) is 6.20 Å². The Balaban J connectivity index is 1.92. The first-order valence-corrected chi connectivity index (χ1v) is 7.41. The lowest BCUT2D eigenvalue weighted by atomic mass is 10.1. The molecule has 2 heterocycles. The zero-order chi connectivity index (χ0) is 13.2. The Morgan fingerprint density at radius 3 is 2.50 bits per heavy atom. The first-order valence-electron chi connectivity index (χ1n) is 6.60. The predicted octanol–water partition coefficient (Wildman–Crippen LogP) is 1.78. The number of nitrogens with one attached hydrogen (secondary N) is 1. The summed E-state index contributed by atoms with van der Waals surface area (Å²) >= 11 is 1.81. The van der Waals surface area contributed by atoms with E-state index in [-0.39, 0.29) is 5.54 Å². The lowest BCUT2D eigenvalue weighted by molar-refractivity contribution is 0.128. The fourth-order valence-corrected chi connectivity index (χ4v) is 3.24. The van der Waals surface area contributed by atoms with E-state index in [0.29, 0.717) is 0 Å². The molecule has 1 aliphatic heterocycles. The minimum absolute atomic E-state index is 0.284. The van der Waals surface area contributed by atoms with E-state index in [4.69, 9.17) is 0 Å². The Morgan fingerprint density at radius 2 is 1.94 bits per heavy atom. The largest absolute Gasteiger partial charge is 0.346 e. The van der Waals surface area contributed by atoms with Crippen molar-refractivity contribution in [3.63, 3.8) is 0 Å². The first-order chi connectivity index (χ1) is 8.50. The third-order valence-corrected chi connectivity index (χ3v) is 4.45. The van der Waals surface area contributed by atoms with Gasteiger partial charge in [0.2, 0.25) is 0 Å². The molecule has 2 rings (SSSR count). The molecule has 0 spiro atoms. The summed E-state index contributed by atoms with van der Waals surface area (Å²) in [5.41, 5.74) is 0.284. The van der Waals surface area contributed by atoms with Crippen molar-refractivity contribution >= 4 is 16.5 Å². The molecule has 0 radical (unpaired) electrons. The average Bonchev–Trinajstić information content (AvgIpc) is 2.77. The summed E-state index contributed by atoms with van der Waals surface area (Å²) in [6, 6.07) is 0.